The van der Waals surface area contributed by atoms with E-state index in [1.807, 2.05) is 0 Å². The van der Waals surface area contributed by atoms with Gasteiger partial charge in [0.15, 0.2) is 4.90 Å². The van der Waals surface area contributed by atoms with Crippen molar-refractivity contribution in [1.29, 1.82) is 0 Å². The molecule has 2 N–H and O–H groups in total. The second-order valence-corrected chi connectivity index (χ2v) is 6.29. The van der Waals surface area contributed by atoms with Crippen molar-refractivity contribution >= 4 is 39.7 Å². The normalized spacial score (nSPS) is 12.8. The smallest absolute Gasteiger partial charge is 0.290 e. The second-order valence-electron chi connectivity index (χ2n) is 3.95. The highest BCUT2D eigenvalue weighted by atomic mass is 35.5. The van der Waals surface area contributed by atoms with Crippen molar-refractivity contribution in [2.75, 3.05) is 13.6 Å². The van der Waals surface area contributed by atoms with Gasteiger partial charge in [0.1, 0.15) is 0 Å². The molecule has 1 unspecified atom stereocenters. The Morgan fingerprint density at radius 2 is 2.05 bits per heavy atom. The number of benzene rings is 1. The molecule has 7 nitrogen and oxygen atoms in total. The molecule has 0 heterocycles. The number of halogens is 2. The van der Waals surface area contributed by atoms with Crippen LogP contribution in [0.3, 0.4) is 0 Å². The lowest BCUT2D eigenvalue weighted by atomic mass is 10.3. The molecule has 1 aromatic rings. The molecule has 114 valence electrons. The van der Waals surface area contributed by atoms with E-state index in [2.05, 4.69) is 0 Å². The zero-order valence-electron chi connectivity index (χ0n) is 10.8. The summed E-state index contributed by atoms with van der Waals surface area (Å²) in [6.45, 7) is 1.69. The molecule has 1 rings (SSSR count). The van der Waals surface area contributed by atoms with Crippen molar-refractivity contribution < 1.29 is 13.3 Å². The average Bonchev–Trinajstić information content (AvgIpc) is 2.36. The maximum Gasteiger partial charge on any atom is 0.290 e. The van der Waals surface area contributed by atoms with E-state index < -0.39 is 31.6 Å². The first-order valence-corrected chi connectivity index (χ1v) is 7.16. The zero-order chi connectivity index (χ0) is 14.8. The Labute approximate surface area is 128 Å². The summed E-state index contributed by atoms with van der Waals surface area (Å²) in [5.41, 5.74) is 4.86. The Morgan fingerprint density at radius 1 is 1.50 bits per heavy atom. The van der Waals surface area contributed by atoms with Crippen molar-refractivity contribution in [3.63, 3.8) is 0 Å². The lowest BCUT2D eigenvalue weighted by Crippen LogP contribution is -2.39. The molecule has 0 aromatic heterocycles. The minimum atomic E-state index is -4.08. The SMILES string of the molecule is CC(CN)N(C)S(=O)(=O)c1c(Cl)cccc1[N+](=O)[O-].Cl. The highest BCUT2D eigenvalue weighted by Crippen LogP contribution is 2.33. The molecule has 0 radical (unpaired) electrons. The number of nitro benzene ring substituents is 1. The van der Waals surface area contributed by atoms with Crippen molar-refractivity contribution in [2.45, 2.75) is 17.9 Å². The van der Waals surface area contributed by atoms with Gasteiger partial charge in [-0.25, -0.2) is 8.42 Å². The lowest BCUT2D eigenvalue weighted by Gasteiger charge is -2.23. The van der Waals surface area contributed by atoms with Gasteiger partial charge >= 0.3 is 0 Å². The fraction of sp³-hybridized carbons (Fsp3) is 0.400. The predicted molar refractivity (Wildman–Crippen MR) is 78.8 cm³/mol. The Morgan fingerprint density at radius 3 is 2.50 bits per heavy atom. The molecule has 20 heavy (non-hydrogen) atoms. The highest BCUT2D eigenvalue weighted by molar-refractivity contribution is 7.89. The number of hydrogen-bond donors (Lipinski definition) is 1. The number of rotatable bonds is 5. The standard InChI is InChI=1S/C10H14ClN3O4S.ClH/c1-7(6-12)13(2)19(17,18)10-8(11)4-3-5-9(10)14(15)16;/h3-5,7H,6,12H2,1-2H3;1H. The van der Waals surface area contributed by atoms with Gasteiger partial charge in [-0.05, 0) is 13.0 Å². The van der Waals surface area contributed by atoms with Gasteiger partial charge in [-0.15, -0.1) is 12.4 Å². The Balaban J connectivity index is 0.00000361. The monoisotopic (exact) mass is 343 g/mol. The molecular weight excluding hydrogens is 329 g/mol. The molecule has 0 aliphatic heterocycles. The summed E-state index contributed by atoms with van der Waals surface area (Å²) in [6, 6.07) is 3.22. The van der Waals surface area contributed by atoms with Crippen LogP contribution in [0.2, 0.25) is 5.02 Å². The van der Waals surface area contributed by atoms with Crippen LogP contribution in [0, 0.1) is 10.1 Å². The van der Waals surface area contributed by atoms with E-state index in [0.29, 0.717) is 0 Å². The molecule has 1 atom stereocenters. The van der Waals surface area contributed by atoms with Gasteiger partial charge in [0.2, 0.25) is 0 Å². The molecule has 1 aromatic carbocycles. The van der Waals surface area contributed by atoms with Gasteiger partial charge in [0.25, 0.3) is 15.7 Å². The van der Waals surface area contributed by atoms with Crippen LogP contribution in [0.5, 0.6) is 0 Å². The Hall–Kier alpha value is -0.930. The number of nitrogens with two attached hydrogens (primary N) is 1. The van der Waals surface area contributed by atoms with Gasteiger partial charge in [-0.2, -0.15) is 4.31 Å². The number of nitrogens with zero attached hydrogens (tertiary/aromatic N) is 2. The van der Waals surface area contributed by atoms with E-state index >= 15 is 0 Å². The van der Waals surface area contributed by atoms with E-state index in [9.17, 15) is 18.5 Å². The summed E-state index contributed by atoms with van der Waals surface area (Å²) in [5, 5.41) is 10.7. The maximum atomic E-state index is 12.4. The van der Waals surface area contributed by atoms with Crippen LogP contribution in [0.25, 0.3) is 0 Å². The number of nitro groups is 1. The third kappa shape index (κ3) is 3.58. The number of likely N-dealkylation sites (N-methyl/N-ethyl adjacent to an activating group) is 1. The molecule has 0 saturated heterocycles. The summed E-state index contributed by atoms with van der Waals surface area (Å²) in [7, 11) is -2.77. The van der Waals surface area contributed by atoms with Crippen molar-refractivity contribution in [3.05, 3.63) is 33.3 Å². The van der Waals surface area contributed by atoms with Gasteiger partial charge in [-0.3, -0.25) is 10.1 Å². The van der Waals surface area contributed by atoms with Crippen LogP contribution >= 0.6 is 24.0 Å². The lowest BCUT2D eigenvalue weighted by molar-refractivity contribution is -0.387. The van der Waals surface area contributed by atoms with Gasteiger partial charge in [0.05, 0.1) is 9.95 Å². The summed E-state index contributed by atoms with van der Waals surface area (Å²) in [6.07, 6.45) is 0. The zero-order valence-corrected chi connectivity index (χ0v) is 13.2. The molecule has 0 saturated carbocycles. The second kappa shape index (κ2) is 7.19. The third-order valence-corrected chi connectivity index (χ3v) is 5.23. The Kier molecular flexibility index (Phi) is 6.85. The third-order valence-electron chi connectivity index (χ3n) is 2.74. The fourth-order valence-corrected chi connectivity index (χ4v) is 3.46. The molecule has 0 fully saturated rings. The molecule has 10 heteroatoms. The minimum absolute atomic E-state index is 0. The first-order valence-electron chi connectivity index (χ1n) is 5.34. The van der Waals surface area contributed by atoms with Gasteiger partial charge in [0, 0.05) is 25.7 Å². The van der Waals surface area contributed by atoms with Gasteiger partial charge in [-0.1, -0.05) is 17.7 Å². The summed E-state index contributed by atoms with van der Waals surface area (Å²) in [4.78, 5) is 9.63. The molecule has 0 aliphatic carbocycles. The summed E-state index contributed by atoms with van der Waals surface area (Å²) < 4.78 is 25.7. The first kappa shape index (κ1) is 19.1. The number of sulfonamides is 1. The van der Waals surface area contributed by atoms with E-state index in [4.69, 9.17) is 17.3 Å². The van der Waals surface area contributed by atoms with Crippen molar-refractivity contribution in [3.8, 4) is 0 Å². The molecule has 0 aliphatic rings. The van der Waals surface area contributed by atoms with Crippen LogP contribution in [0.15, 0.2) is 23.1 Å². The molecule has 0 amide bonds. The fourth-order valence-electron chi connectivity index (χ4n) is 1.43. The maximum absolute atomic E-state index is 12.4. The van der Waals surface area contributed by atoms with Crippen LogP contribution in [0.4, 0.5) is 5.69 Å². The number of hydrogen-bond acceptors (Lipinski definition) is 5. The Bertz CT molecular complexity index is 594. The van der Waals surface area contributed by atoms with E-state index in [-0.39, 0.29) is 24.0 Å². The van der Waals surface area contributed by atoms with Crippen LogP contribution < -0.4 is 5.73 Å². The average molecular weight is 344 g/mol. The van der Waals surface area contributed by atoms with Crippen LogP contribution in [-0.4, -0.2) is 37.3 Å². The first-order chi connectivity index (χ1) is 8.73. The summed E-state index contributed by atoms with van der Waals surface area (Å²) in [5.74, 6) is 0. The highest BCUT2D eigenvalue weighted by Gasteiger charge is 2.33. The van der Waals surface area contributed by atoms with Crippen LogP contribution in [-0.2, 0) is 10.0 Å². The van der Waals surface area contributed by atoms with Gasteiger partial charge < -0.3 is 5.73 Å². The minimum Gasteiger partial charge on any atom is -0.329 e. The molecule has 0 spiro atoms. The quantitative estimate of drug-likeness (QED) is 0.645. The summed E-state index contributed by atoms with van der Waals surface area (Å²) >= 11 is 5.81. The van der Waals surface area contributed by atoms with Crippen molar-refractivity contribution in [2.24, 2.45) is 5.73 Å². The predicted octanol–water partition coefficient (Wildman–Crippen LogP) is 1.64. The molecule has 0 bridgehead atoms. The van der Waals surface area contributed by atoms with Crippen molar-refractivity contribution in [1.82, 2.24) is 4.31 Å². The largest absolute Gasteiger partial charge is 0.329 e. The van der Waals surface area contributed by atoms with E-state index in [0.717, 1.165) is 10.4 Å². The van der Waals surface area contributed by atoms with E-state index in [1.165, 1.54) is 19.2 Å². The van der Waals surface area contributed by atoms with Crippen LogP contribution in [0.1, 0.15) is 6.92 Å². The molecular formula is C10H15Cl2N3O4S. The van der Waals surface area contributed by atoms with E-state index in [1.54, 1.807) is 6.92 Å². The topological polar surface area (TPSA) is 107 Å².